The van der Waals surface area contributed by atoms with Crippen LogP contribution in [0.2, 0.25) is 0 Å². The quantitative estimate of drug-likeness (QED) is 0.658. The lowest BCUT2D eigenvalue weighted by Gasteiger charge is -2.37. The van der Waals surface area contributed by atoms with Crippen LogP contribution in [-0.2, 0) is 17.8 Å². The molecule has 0 radical (unpaired) electrons. The van der Waals surface area contributed by atoms with Crippen LogP contribution in [0.4, 0.5) is 4.79 Å². The van der Waals surface area contributed by atoms with E-state index in [1.54, 1.807) is 0 Å². The van der Waals surface area contributed by atoms with Gasteiger partial charge in [0.1, 0.15) is 18.0 Å². The molecule has 1 spiro atoms. The lowest BCUT2D eigenvalue weighted by Crippen LogP contribution is -2.47. The van der Waals surface area contributed by atoms with Gasteiger partial charge in [-0.25, -0.2) is 9.78 Å². The third-order valence-corrected chi connectivity index (χ3v) is 6.29. The molecule has 6 heteroatoms. The monoisotopic (exact) mass is 417 g/mol. The number of likely N-dealkylation sites (tertiary alicyclic amines) is 1. The Morgan fingerprint density at radius 1 is 1.06 bits per heavy atom. The maximum atomic E-state index is 11.4. The minimum atomic E-state index is -0.280. The van der Waals surface area contributed by atoms with Crippen LogP contribution in [0, 0.1) is 0 Å². The highest BCUT2D eigenvalue weighted by Gasteiger charge is 2.42. The molecule has 160 valence electrons. The number of rotatable bonds is 6. The molecule has 2 aromatic carbocycles. The van der Waals surface area contributed by atoms with E-state index in [-0.39, 0.29) is 11.7 Å². The molecular weight excluding hydrogens is 390 g/mol. The van der Waals surface area contributed by atoms with Crippen molar-refractivity contribution in [2.75, 3.05) is 26.2 Å². The molecule has 31 heavy (non-hydrogen) atoms. The highest BCUT2D eigenvalue weighted by atomic mass is 16.6. The molecule has 6 nitrogen and oxygen atoms in total. The van der Waals surface area contributed by atoms with E-state index in [0.717, 1.165) is 61.2 Å². The van der Waals surface area contributed by atoms with Crippen molar-refractivity contribution in [2.24, 2.45) is 0 Å². The van der Waals surface area contributed by atoms with Gasteiger partial charge in [-0.1, -0.05) is 36.4 Å². The fourth-order valence-corrected chi connectivity index (χ4v) is 4.39. The Kier molecular flexibility index (Phi) is 5.47. The number of carbonyl (C=O) groups excluding carboxylic acids is 1. The number of fused-ring (bicyclic) bond motifs is 1. The van der Waals surface area contributed by atoms with E-state index in [2.05, 4.69) is 39.5 Å². The van der Waals surface area contributed by atoms with Gasteiger partial charge in [-0.15, -0.1) is 0 Å². The molecule has 2 aliphatic heterocycles. The molecule has 2 aliphatic rings. The van der Waals surface area contributed by atoms with Crippen molar-refractivity contribution in [3.8, 4) is 5.75 Å². The van der Waals surface area contributed by atoms with Crippen molar-refractivity contribution >= 4 is 17.0 Å². The molecule has 5 rings (SSSR count). The summed E-state index contributed by atoms with van der Waals surface area (Å²) < 4.78 is 11.5. The summed E-state index contributed by atoms with van der Waals surface area (Å²) >= 11 is 0. The summed E-state index contributed by atoms with van der Waals surface area (Å²) in [6.45, 7) is 4.01. The third kappa shape index (κ3) is 4.64. The number of hydrogen-bond donors (Lipinski definition) is 1. The fourth-order valence-electron chi connectivity index (χ4n) is 4.39. The van der Waals surface area contributed by atoms with Crippen molar-refractivity contribution in [1.82, 2.24) is 15.2 Å². The van der Waals surface area contributed by atoms with Crippen LogP contribution in [-0.4, -0.2) is 47.8 Å². The Labute approximate surface area is 182 Å². The maximum Gasteiger partial charge on any atom is 0.407 e. The number of benzene rings is 2. The Bertz CT molecular complexity index is 1080. The number of hydrogen-bond acceptors (Lipinski definition) is 5. The van der Waals surface area contributed by atoms with Gasteiger partial charge in [0.15, 0.2) is 0 Å². The SMILES string of the molecule is O=C1NCC2(CCN(CCc3cccc(OCc4ccc5ccccc5n4)c3)CC2)O1. The fraction of sp³-hybridized carbons (Fsp3) is 0.360. The van der Waals surface area contributed by atoms with Gasteiger partial charge in [-0.2, -0.15) is 0 Å². The molecule has 1 amide bonds. The van der Waals surface area contributed by atoms with Crippen LogP contribution in [0.1, 0.15) is 24.1 Å². The number of ether oxygens (including phenoxy) is 2. The predicted octanol–water partition coefficient (Wildman–Crippen LogP) is 3.93. The molecule has 2 saturated heterocycles. The minimum Gasteiger partial charge on any atom is -0.487 e. The summed E-state index contributed by atoms with van der Waals surface area (Å²) in [5.41, 5.74) is 2.90. The number of alkyl carbamates (subject to hydrolysis) is 1. The first-order chi connectivity index (χ1) is 15.2. The van der Waals surface area contributed by atoms with Crippen molar-refractivity contribution in [3.05, 3.63) is 71.9 Å². The average Bonchev–Trinajstić information content (AvgIpc) is 3.17. The van der Waals surface area contributed by atoms with Gasteiger partial charge >= 0.3 is 6.09 Å². The summed E-state index contributed by atoms with van der Waals surface area (Å²) in [5.74, 6) is 0.869. The van der Waals surface area contributed by atoms with Crippen molar-refractivity contribution in [2.45, 2.75) is 31.5 Å². The second-order valence-electron chi connectivity index (χ2n) is 8.45. The predicted molar refractivity (Wildman–Crippen MR) is 119 cm³/mol. The number of nitrogens with one attached hydrogen (secondary N) is 1. The molecule has 2 fully saturated rings. The summed E-state index contributed by atoms with van der Waals surface area (Å²) in [6, 6.07) is 20.5. The molecular formula is C25H27N3O3. The highest BCUT2D eigenvalue weighted by molar-refractivity contribution is 5.78. The molecule has 1 aromatic heterocycles. The molecule has 3 aromatic rings. The van der Waals surface area contributed by atoms with E-state index in [4.69, 9.17) is 9.47 Å². The maximum absolute atomic E-state index is 11.4. The van der Waals surface area contributed by atoms with Gasteiger partial charge < -0.3 is 19.7 Å². The average molecular weight is 418 g/mol. The highest BCUT2D eigenvalue weighted by Crippen LogP contribution is 2.29. The standard InChI is InChI=1S/C25H27N3O3/c29-24-26-18-25(31-24)11-14-28(15-12-25)13-10-19-4-3-6-22(16-19)30-17-21-9-8-20-5-1-2-7-23(20)27-21/h1-9,16H,10-15,17-18H2,(H,26,29). The second kappa shape index (κ2) is 8.55. The Morgan fingerprint density at radius 2 is 1.94 bits per heavy atom. The topological polar surface area (TPSA) is 63.7 Å². The molecule has 0 bridgehead atoms. The van der Waals surface area contributed by atoms with E-state index in [0.29, 0.717) is 13.2 Å². The first kappa shape index (κ1) is 19.8. The summed E-state index contributed by atoms with van der Waals surface area (Å²) in [6.07, 6.45) is 2.49. The number of carbonyl (C=O) groups is 1. The Morgan fingerprint density at radius 3 is 2.77 bits per heavy atom. The van der Waals surface area contributed by atoms with Gasteiger partial charge in [0, 0.05) is 37.9 Å². The summed E-state index contributed by atoms with van der Waals surface area (Å²) in [4.78, 5) is 18.5. The zero-order valence-electron chi connectivity index (χ0n) is 17.5. The van der Waals surface area contributed by atoms with Crippen molar-refractivity contribution < 1.29 is 14.3 Å². The van der Waals surface area contributed by atoms with Gasteiger partial charge in [-0.3, -0.25) is 0 Å². The number of piperidine rings is 1. The van der Waals surface area contributed by atoms with Crippen LogP contribution in [0.15, 0.2) is 60.7 Å². The number of pyridine rings is 1. The molecule has 0 aliphatic carbocycles. The zero-order chi connectivity index (χ0) is 21.1. The van der Waals surface area contributed by atoms with Gasteiger partial charge in [0.25, 0.3) is 0 Å². The van der Waals surface area contributed by atoms with Crippen LogP contribution >= 0.6 is 0 Å². The van der Waals surface area contributed by atoms with Crippen molar-refractivity contribution in [1.29, 1.82) is 0 Å². The second-order valence-corrected chi connectivity index (χ2v) is 8.45. The number of aromatic nitrogens is 1. The molecule has 3 heterocycles. The zero-order valence-corrected chi connectivity index (χ0v) is 17.5. The van der Waals surface area contributed by atoms with E-state index in [9.17, 15) is 4.79 Å². The van der Waals surface area contributed by atoms with Gasteiger partial charge in [0.2, 0.25) is 0 Å². The largest absolute Gasteiger partial charge is 0.487 e. The van der Waals surface area contributed by atoms with E-state index >= 15 is 0 Å². The molecule has 0 atom stereocenters. The molecule has 0 unspecified atom stereocenters. The minimum absolute atomic E-state index is 0.274. The number of amides is 1. The van der Waals surface area contributed by atoms with Gasteiger partial charge in [0.05, 0.1) is 17.8 Å². The van der Waals surface area contributed by atoms with E-state index < -0.39 is 0 Å². The van der Waals surface area contributed by atoms with Crippen molar-refractivity contribution in [3.63, 3.8) is 0 Å². The van der Waals surface area contributed by atoms with Crippen LogP contribution in [0.25, 0.3) is 10.9 Å². The summed E-state index contributed by atoms with van der Waals surface area (Å²) in [7, 11) is 0. The lowest BCUT2D eigenvalue weighted by molar-refractivity contribution is 0.00123. The third-order valence-electron chi connectivity index (χ3n) is 6.29. The molecule has 1 N–H and O–H groups in total. The van der Waals surface area contributed by atoms with Crippen LogP contribution in [0.3, 0.4) is 0 Å². The smallest absolute Gasteiger partial charge is 0.407 e. The normalized spacial score (nSPS) is 18.1. The van der Waals surface area contributed by atoms with E-state index in [1.165, 1.54) is 5.56 Å². The Balaban J connectivity index is 1.13. The first-order valence-corrected chi connectivity index (χ1v) is 10.9. The van der Waals surface area contributed by atoms with Crippen LogP contribution in [0.5, 0.6) is 5.75 Å². The van der Waals surface area contributed by atoms with E-state index in [1.807, 2.05) is 36.4 Å². The Hall–Kier alpha value is -3.12. The van der Waals surface area contributed by atoms with Gasteiger partial charge in [-0.05, 0) is 36.2 Å². The van der Waals surface area contributed by atoms with Crippen LogP contribution < -0.4 is 10.1 Å². The number of nitrogens with zero attached hydrogens (tertiary/aromatic N) is 2. The number of para-hydroxylation sites is 1. The molecule has 0 saturated carbocycles. The first-order valence-electron chi connectivity index (χ1n) is 10.9. The lowest BCUT2D eigenvalue weighted by atomic mass is 9.91. The summed E-state index contributed by atoms with van der Waals surface area (Å²) in [5, 5.41) is 3.93.